The number of hydrogen-bond acceptors (Lipinski definition) is 4. The maximum atomic E-state index is 6.10. The third-order valence-electron chi connectivity index (χ3n) is 3.79. The fourth-order valence-corrected chi connectivity index (χ4v) is 2.95. The van der Waals surface area contributed by atoms with E-state index in [0.29, 0.717) is 11.1 Å². The number of likely N-dealkylation sites (tertiary alicyclic amines) is 1. The summed E-state index contributed by atoms with van der Waals surface area (Å²) in [5.74, 6) is 7.26. The first kappa shape index (κ1) is 22.9. The number of benzene rings is 1. The molecule has 0 amide bonds. The molecule has 0 bridgehead atoms. The Bertz CT molecular complexity index is 673. The first-order valence-corrected chi connectivity index (χ1v) is 9.87. The zero-order chi connectivity index (χ0) is 20.4. The fourth-order valence-electron chi connectivity index (χ4n) is 2.95. The van der Waals surface area contributed by atoms with Crippen LogP contribution in [0.25, 0.3) is 5.70 Å². The Labute approximate surface area is 166 Å². The smallest absolute Gasteiger partial charge is 0.130 e. The highest BCUT2D eigenvalue weighted by molar-refractivity contribution is 5.69. The van der Waals surface area contributed by atoms with E-state index in [4.69, 9.17) is 10.5 Å². The molecule has 1 aliphatic heterocycles. The summed E-state index contributed by atoms with van der Waals surface area (Å²) in [6, 6.07) is 5.93. The molecule has 1 aromatic rings. The molecule has 0 atom stereocenters. The lowest BCUT2D eigenvalue weighted by Gasteiger charge is -2.44. The van der Waals surface area contributed by atoms with Crippen LogP contribution in [-0.4, -0.2) is 37.7 Å². The number of nitrogens with zero attached hydrogens (tertiary/aromatic N) is 1. The van der Waals surface area contributed by atoms with Crippen molar-refractivity contribution >= 4 is 5.70 Å². The molecule has 0 radical (unpaired) electrons. The van der Waals surface area contributed by atoms with Gasteiger partial charge in [0.1, 0.15) is 5.75 Å². The van der Waals surface area contributed by atoms with Gasteiger partial charge in [-0.3, -0.25) is 4.90 Å². The van der Waals surface area contributed by atoms with Gasteiger partial charge in [0.05, 0.1) is 18.3 Å². The van der Waals surface area contributed by atoms with E-state index in [1.807, 2.05) is 39.1 Å². The van der Waals surface area contributed by atoms with Crippen LogP contribution < -0.4 is 15.8 Å². The maximum absolute atomic E-state index is 6.10. The van der Waals surface area contributed by atoms with E-state index < -0.39 is 0 Å². The predicted molar refractivity (Wildman–Crippen MR) is 116 cm³/mol. The summed E-state index contributed by atoms with van der Waals surface area (Å²) in [4.78, 5) is 2.36. The van der Waals surface area contributed by atoms with Crippen LogP contribution in [0.5, 0.6) is 5.75 Å². The number of nitrogens with two attached hydrogens (primary N) is 1. The molecular formula is C23H37N3O. The largest absolute Gasteiger partial charge is 0.490 e. The summed E-state index contributed by atoms with van der Waals surface area (Å²) in [5, 5.41) is 2.95. The van der Waals surface area contributed by atoms with Gasteiger partial charge < -0.3 is 15.8 Å². The SMILES string of the molecule is CCC.CN/C=C(\N)c1ccc(C#CCN2CC(C)(C)C2)cc1OC(C)C. The molecule has 2 rings (SSSR count). The minimum absolute atomic E-state index is 0.0812. The first-order chi connectivity index (χ1) is 12.7. The Balaban J connectivity index is 0.00000114. The lowest BCUT2D eigenvalue weighted by molar-refractivity contribution is 0.0443. The summed E-state index contributed by atoms with van der Waals surface area (Å²) in [6.45, 7) is 15.9. The maximum Gasteiger partial charge on any atom is 0.130 e. The molecule has 0 unspecified atom stereocenters. The average molecular weight is 372 g/mol. The van der Waals surface area contributed by atoms with Crippen LogP contribution in [-0.2, 0) is 0 Å². The number of nitrogens with one attached hydrogen (secondary N) is 1. The molecule has 1 heterocycles. The molecule has 0 aliphatic carbocycles. The van der Waals surface area contributed by atoms with Gasteiger partial charge in [0.2, 0.25) is 0 Å². The number of rotatable bonds is 5. The quantitative estimate of drug-likeness (QED) is 0.767. The molecule has 0 saturated carbocycles. The summed E-state index contributed by atoms with van der Waals surface area (Å²) < 4.78 is 5.91. The molecular weight excluding hydrogens is 334 g/mol. The highest BCUT2D eigenvalue weighted by atomic mass is 16.5. The van der Waals surface area contributed by atoms with Crippen molar-refractivity contribution in [2.75, 3.05) is 26.7 Å². The Morgan fingerprint density at radius 1 is 1.33 bits per heavy atom. The van der Waals surface area contributed by atoms with Gasteiger partial charge in [-0.1, -0.05) is 46.0 Å². The fraction of sp³-hybridized carbons (Fsp3) is 0.565. The second kappa shape index (κ2) is 10.9. The van der Waals surface area contributed by atoms with Gasteiger partial charge >= 0.3 is 0 Å². The number of hydrogen-bond donors (Lipinski definition) is 2. The van der Waals surface area contributed by atoms with E-state index in [-0.39, 0.29) is 6.10 Å². The highest BCUT2D eigenvalue weighted by Crippen LogP contribution is 2.28. The van der Waals surface area contributed by atoms with Gasteiger partial charge in [-0.15, -0.1) is 0 Å². The number of ether oxygens (including phenoxy) is 1. The topological polar surface area (TPSA) is 50.5 Å². The zero-order valence-electron chi connectivity index (χ0n) is 18.1. The normalized spacial score (nSPS) is 15.8. The molecule has 1 aliphatic rings. The lowest BCUT2D eigenvalue weighted by atomic mass is 9.84. The highest BCUT2D eigenvalue weighted by Gasteiger charge is 2.32. The van der Waals surface area contributed by atoms with Crippen LogP contribution >= 0.6 is 0 Å². The Morgan fingerprint density at radius 3 is 2.48 bits per heavy atom. The second-order valence-corrected chi connectivity index (χ2v) is 8.08. The van der Waals surface area contributed by atoms with Gasteiger partial charge in [-0.25, -0.2) is 0 Å². The third kappa shape index (κ3) is 7.97. The summed E-state index contributed by atoms with van der Waals surface area (Å²) in [7, 11) is 1.83. The van der Waals surface area contributed by atoms with Crippen LogP contribution in [0.4, 0.5) is 0 Å². The van der Waals surface area contributed by atoms with Crippen molar-refractivity contribution < 1.29 is 4.74 Å². The standard InChI is InChI=1S/C20H29N3O.C3H8/c1-15(2)24-19-11-16(8-9-17(19)18(21)12-22-5)7-6-10-23-13-20(3,4)14-23;1-3-2/h8-9,11-12,15,22H,10,13-14,21H2,1-5H3;3H2,1-2H3/b18-12-;. The van der Waals surface area contributed by atoms with Gasteiger partial charge in [0.15, 0.2) is 0 Å². The average Bonchev–Trinajstić information content (AvgIpc) is 2.53. The molecule has 3 N–H and O–H groups in total. The van der Waals surface area contributed by atoms with Crippen molar-refractivity contribution in [1.29, 1.82) is 0 Å². The monoisotopic (exact) mass is 371 g/mol. The molecule has 1 saturated heterocycles. The molecule has 4 heteroatoms. The van der Waals surface area contributed by atoms with Crippen molar-refractivity contribution in [2.24, 2.45) is 11.1 Å². The molecule has 27 heavy (non-hydrogen) atoms. The van der Waals surface area contributed by atoms with Crippen LogP contribution in [0.3, 0.4) is 0 Å². The van der Waals surface area contributed by atoms with Crippen LogP contribution in [0, 0.1) is 17.3 Å². The van der Waals surface area contributed by atoms with E-state index in [9.17, 15) is 0 Å². The van der Waals surface area contributed by atoms with Crippen molar-refractivity contribution in [3.8, 4) is 17.6 Å². The minimum Gasteiger partial charge on any atom is -0.490 e. The van der Waals surface area contributed by atoms with Gasteiger partial charge in [0.25, 0.3) is 0 Å². The van der Waals surface area contributed by atoms with Gasteiger partial charge in [-0.05, 0) is 37.5 Å². The van der Waals surface area contributed by atoms with Crippen LogP contribution in [0.1, 0.15) is 59.1 Å². The van der Waals surface area contributed by atoms with Crippen molar-refractivity contribution in [3.63, 3.8) is 0 Å². The summed E-state index contributed by atoms with van der Waals surface area (Å²) in [6.07, 6.45) is 3.09. The van der Waals surface area contributed by atoms with E-state index in [1.165, 1.54) is 6.42 Å². The van der Waals surface area contributed by atoms with Crippen molar-refractivity contribution in [1.82, 2.24) is 10.2 Å². The molecule has 0 spiro atoms. The van der Waals surface area contributed by atoms with Gasteiger partial charge in [-0.2, -0.15) is 0 Å². The first-order valence-electron chi connectivity index (χ1n) is 9.87. The second-order valence-electron chi connectivity index (χ2n) is 8.08. The van der Waals surface area contributed by atoms with E-state index >= 15 is 0 Å². The Morgan fingerprint density at radius 2 is 1.96 bits per heavy atom. The van der Waals surface area contributed by atoms with E-state index in [2.05, 4.69) is 49.8 Å². The molecule has 1 fully saturated rings. The third-order valence-corrected chi connectivity index (χ3v) is 3.79. The Hall–Kier alpha value is -2.12. The molecule has 4 nitrogen and oxygen atoms in total. The minimum atomic E-state index is 0.0812. The van der Waals surface area contributed by atoms with Gasteiger partial charge in [0, 0.05) is 37.5 Å². The summed E-state index contributed by atoms with van der Waals surface area (Å²) in [5.41, 5.74) is 9.02. The van der Waals surface area contributed by atoms with E-state index in [1.54, 1.807) is 6.20 Å². The van der Waals surface area contributed by atoms with Crippen molar-refractivity contribution in [3.05, 3.63) is 35.5 Å². The summed E-state index contributed by atoms with van der Waals surface area (Å²) >= 11 is 0. The molecule has 150 valence electrons. The lowest BCUT2D eigenvalue weighted by Crippen LogP contribution is -2.52. The van der Waals surface area contributed by atoms with E-state index in [0.717, 1.165) is 36.5 Å². The van der Waals surface area contributed by atoms with Crippen LogP contribution in [0.15, 0.2) is 24.4 Å². The van der Waals surface area contributed by atoms with Crippen LogP contribution in [0.2, 0.25) is 0 Å². The molecule has 1 aromatic carbocycles. The zero-order valence-corrected chi connectivity index (χ0v) is 18.1. The predicted octanol–water partition coefficient (Wildman–Crippen LogP) is 4.06. The van der Waals surface area contributed by atoms with Crippen molar-refractivity contribution in [2.45, 2.75) is 54.1 Å². The molecule has 0 aromatic heterocycles. The Kier molecular flexibility index (Phi) is 9.25.